The molecule has 0 aromatic rings. The zero-order valence-electron chi connectivity index (χ0n) is 15.3. The molecule has 4 aliphatic carbocycles. The molecule has 0 spiro atoms. The largest absolute Gasteiger partial charge is 0.393 e. The maximum Gasteiger partial charge on any atom is 0.120 e. The predicted octanol–water partition coefficient (Wildman–Crippen LogP) is 3.71. The molecule has 8 atom stereocenters. The third kappa shape index (κ3) is 2.13. The molecule has 4 aliphatic rings. The first-order valence-corrected chi connectivity index (χ1v) is 10.2. The van der Waals surface area contributed by atoms with Crippen LogP contribution >= 0.6 is 0 Å². The van der Waals surface area contributed by atoms with Crippen LogP contribution in [0.5, 0.6) is 0 Å². The van der Waals surface area contributed by atoms with Gasteiger partial charge in [-0.15, -0.1) is 0 Å². The van der Waals surface area contributed by atoms with E-state index in [-0.39, 0.29) is 22.9 Å². The minimum atomic E-state index is -0.472. The first-order valence-electron chi connectivity index (χ1n) is 10.2. The van der Waals surface area contributed by atoms with Crippen molar-refractivity contribution in [3.63, 3.8) is 0 Å². The predicted molar refractivity (Wildman–Crippen MR) is 93.4 cm³/mol. The van der Waals surface area contributed by atoms with Gasteiger partial charge in [-0.3, -0.25) is 0 Å². The van der Waals surface area contributed by atoms with E-state index < -0.39 is 5.60 Å². The highest BCUT2D eigenvalue weighted by Crippen LogP contribution is 2.68. The molecule has 136 valence electrons. The van der Waals surface area contributed by atoms with Gasteiger partial charge in [-0.25, -0.2) is 0 Å². The molecule has 3 unspecified atom stereocenters. The number of hydrogen-bond acceptors (Lipinski definition) is 3. The van der Waals surface area contributed by atoms with Gasteiger partial charge in [0.25, 0.3) is 0 Å². The lowest BCUT2D eigenvalue weighted by atomic mass is 9.43. The maximum atomic E-state index is 11.7. The van der Waals surface area contributed by atoms with Crippen molar-refractivity contribution < 1.29 is 15.0 Å². The Kier molecular flexibility index (Phi) is 3.93. The summed E-state index contributed by atoms with van der Waals surface area (Å²) in [4.78, 5) is 11.1. The fourth-order valence-electron chi connectivity index (χ4n) is 7.75. The molecule has 3 nitrogen and oxygen atoms in total. The summed E-state index contributed by atoms with van der Waals surface area (Å²) in [5.41, 5.74) is -0.163. The molecule has 4 saturated carbocycles. The fourth-order valence-corrected chi connectivity index (χ4v) is 7.75. The van der Waals surface area contributed by atoms with Gasteiger partial charge in [0, 0.05) is 6.42 Å². The van der Waals surface area contributed by atoms with Gasteiger partial charge in [-0.2, -0.15) is 0 Å². The molecule has 0 aromatic carbocycles. The van der Waals surface area contributed by atoms with Crippen LogP contribution in [0, 0.1) is 34.5 Å². The molecule has 0 saturated heterocycles. The number of carbonyl (C=O) groups is 1. The Hall–Kier alpha value is -0.410. The molecular weight excluding hydrogens is 300 g/mol. The van der Waals surface area contributed by atoms with Gasteiger partial charge < -0.3 is 15.0 Å². The van der Waals surface area contributed by atoms with Crippen molar-refractivity contribution in [2.75, 3.05) is 0 Å². The fraction of sp³-hybridized carbons (Fsp3) is 0.952. The summed E-state index contributed by atoms with van der Waals surface area (Å²) in [6.07, 6.45) is 10.9. The highest BCUT2D eigenvalue weighted by Gasteiger charge is 2.64. The Bertz CT molecular complexity index is 519. The summed E-state index contributed by atoms with van der Waals surface area (Å²) in [6, 6.07) is 0. The van der Waals surface area contributed by atoms with Gasteiger partial charge in [0.05, 0.1) is 11.7 Å². The number of aliphatic hydroxyl groups is 2. The van der Waals surface area contributed by atoms with E-state index in [1.165, 1.54) is 19.3 Å². The molecule has 0 aromatic heterocycles. The molecule has 0 radical (unpaired) electrons. The Morgan fingerprint density at radius 1 is 1.08 bits per heavy atom. The van der Waals surface area contributed by atoms with Crippen LogP contribution in [0.2, 0.25) is 0 Å². The standard InChI is InChI=1S/C21H34O3/c1-19-8-3-9-21(19,24)17-5-4-15-12-18(23)14(7-11-22)13-20(15,2)16(17)6-10-19/h11,14-18,23-24H,3-10,12-13H2,1-2H3/t14?,15?,16-,17-,18?,19+,20+,21-/m1/s1. The van der Waals surface area contributed by atoms with E-state index in [1.807, 2.05) is 0 Å². The maximum absolute atomic E-state index is 11.7. The van der Waals surface area contributed by atoms with Gasteiger partial charge >= 0.3 is 0 Å². The molecule has 0 heterocycles. The quantitative estimate of drug-likeness (QED) is 0.757. The number of aliphatic hydroxyl groups excluding tert-OH is 1. The smallest absolute Gasteiger partial charge is 0.120 e. The number of hydrogen-bond donors (Lipinski definition) is 2. The van der Waals surface area contributed by atoms with E-state index in [0.717, 1.165) is 44.8 Å². The van der Waals surface area contributed by atoms with E-state index >= 15 is 0 Å². The zero-order chi connectivity index (χ0) is 17.2. The third-order valence-corrected chi connectivity index (χ3v) is 9.21. The summed E-state index contributed by atoms with van der Waals surface area (Å²) in [5, 5.41) is 22.2. The number of carbonyl (C=O) groups excluding carboxylic acids is 1. The van der Waals surface area contributed by atoms with Crippen molar-refractivity contribution in [3.05, 3.63) is 0 Å². The van der Waals surface area contributed by atoms with Crippen molar-refractivity contribution in [1.29, 1.82) is 0 Å². The minimum Gasteiger partial charge on any atom is -0.393 e. The van der Waals surface area contributed by atoms with Gasteiger partial charge in [-0.05, 0) is 92.3 Å². The highest BCUT2D eigenvalue weighted by atomic mass is 16.3. The molecule has 24 heavy (non-hydrogen) atoms. The van der Waals surface area contributed by atoms with Crippen molar-refractivity contribution in [3.8, 4) is 0 Å². The summed E-state index contributed by atoms with van der Waals surface area (Å²) in [5.74, 6) is 1.67. The van der Waals surface area contributed by atoms with Crippen LogP contribution < -0.4 is 0 Å². The molecule has 0 amide bonds. The van der Waals surface area contributed by atoms with Crippen molar-refractivity contribution in [2.45, 2.75) is 89.8 Å². The Balaban J connectivity index is 1.65. The molecule has 4 rings (SSSR count). The molecule has 0 aliphatic heterocycles. The molecule has 4 fully saturated rings. The second-order valence-corrected chi connectivity index (χ2v) is 10.0. The van der Waals surface area contributed by atoms with Gasteiger partial charge in [0.15, 0.2) is 0 Å². The Morgan fingerprint density at radius 2 is 1.88 bits per heavy atom. The lowest BCUT2D eigenvalue weighted by molar-refractivity contribution is -0.208. The normalized spacial score (nSPS) is 56.9. The summed E-state index contributed by atoms with van der Waals surface area (Å²) in [6.45, 7) is 4.74. The second-order valence-electron chi connectivity index (χ2n) is 10.0. The Morgan fingerprint density at radius 3 is 2.62 bits per heavy atom. The first kappa shape index (κ1) is 17.0. The average molecular weight is 335 g/mol. The van der Waals surface area contributed by atoms with Crippen LogP contribution in [0.4, 0.5) is 0 Å². The molecule has 0 bridgehead atoms. The summed E-state index contributed by atoms with van der Waals surface area (Å²) in [7, 11) is 0. The average Bonchev–Trinajstić information content (AvgIpc) is 2.84. The van der Waals surface area contributed by atoms with E-state index in [9.17, 15) is 15.0 Å². The highest BCUT2D eigenvalue weighted by molar-refractivity contribution is 5.50. The third-order valence-electron chi connectivity index (χ3n) is 9.21. The van der Waals surface area contributed by atoms with Crippen LogP contribution in [0.15, 0.2) is 0 Å². The van der Waals surface area contributed by atoms with Crippen LogP contribution in [0.1, 0.15) is 78.1 Å². The van der Waals surface area contributed by atoms with Crippen LogP contribution in [-0.2, 0) is 4.79 Å². The lowest BCUT2D eigenvalue weighted by Crippen LogP contribution is -2.62. The van der Waals surface area contributed by atoms with Crippen molar-refractivity contribution in [2.24, 2.45) is 34.5 Å². The van der Waals surface area contributed by atoms with Crippen LogP contribution in [0.3, 0.4) is 0 Å². The summed E-state index contributed by atoms with van der Waals surface area (Å²) >= 11 is 0. The monoisotopic (exact) mass is 334 g/mol. The van der Waals surface area contributed by atoms with E-state index in [1.54, 1.807) is 0 Å². The van der Waals surface area contributed by atoms with Crippen molar-refractivity contribution >= 4 is 6.29 Å². The van der Waals surface area contributed by atoms with E-state index in [0.29, 0.717) is 24.2 Å². The zero-order valence-corrected chi connectivity index (χ0v) is 15.3. The molecule has 2 N–H and O–H groups in total. The first-order chi connectivity index (χ1) is 11.3. The molecular formula is C21H34O3. The number of rotatable bonds is 2. The topological polar surface area (TPSA) is 57.5 Å². The second kappa shape index (κ2) is 5.54. The lowest BCUT2D eigenvalue weighted by Gasteiger charge is -2.63. The van der Waals surface area contributed by atoms with Gasteiger partial charge in [0.1, 0.15) is 6.29 Å². The summed E-state index contributed by atoms with van der Waals surface area (Å²) < 4.78 is 0. The van der Waals surface area contributed by atoms with Gasteiger partial charge in [-0.1, -0.05) is 13.8 Å². The minimum absolute atomic E-state index is 0.119. The van der Waals surface area contributed by atoms with E-state index in [4.69, 9.17) is 0 Å². The van der Waals surface area contributed by atoms with Crippen molar-refractivity contribution in [1.82, 2.24) is 0 Å². The van der Waals surface area contributed by atoms with Crippen LogP contribution in [-0.4, -0.2) is 28.2 Å². The number of aldehydes is 1. The SMILES string of the molecule is C[C@@]12CCC[C@@]1(O)[C@@H]1CCC3CC(O)C(CC=O)C[C@]3(C)[C@@H]1CC2. The molecule has 3 heteroatoms. The van der Waals surface area contributed by atoms with Crippen LogP contribution in [0.25, 0.3) is 0 Å². The van der Waals surface area contributed by atoms with E-state index in [2.05, 4.69) is 13.8 Å². The Labute approximate surface area is 146 Å². The van der Waals surface area contributed by atoms with Gasteiger partial charge in [0.2, 0.25) is 0 Å². The number of fused-ring (bicyclic) bond motifs is 5.